The van der Waals surface area contributed by atoms with E-state index in [-0.39, 0.29) is 0 Å². The molecule has 10 atom stereocenters. The molecule has 2 rings (SSSR count). The lowest BCUT2D eigenvalue weighted by Crippen LogP contribution is -2.74. The van der Waals surface area contributed by atoms with Crippen molar-refractivity contribution < 1.29 is 50.0 Å². The normalized spacial score (nSPS) is 58.2. The molecule has 2 aliphatic heterocycles. The fourth-order valence-electron chi connectivity index (χ4n) is 2.75. The quantitative estimate of drug-likeness (QED) is 0.249. The fraction of sp³-hybridized carbons (Fsp3) is 1.00. The Labute approximate surface area is 132 Å². The van der Waals surface area contributed by atoms with Gasteiger partial charge < -0.3 is 50.0 Å². The lowest BCUT2D eigenvalue weighted by Gasteiger charge is -2.52. The topological polar surface area (TPSA) is 169 Å². The first-order chi connectivity index (χ1) is 10.4. The molecule has 10 nitrogen and oxygen atoms in total. The van der Waals surface area contributed by atoms with Crippen molar-refractivity contribution in [3.63, 3.8) is 0 Å². The lowest BCUT2D eigenvalue weighted by molar-refractivity contribution is -0.481. The summed E-state index contributed by atoms with van der Waals surface area (Å²) in [6.07, 6.45) is -12.0. The van der Waals surface area contributed by atoms with Crippen molar-refractivity contribution in [3.05, 3.63) is 0 Å². The van der Waals surface area contributed by atoms with Crippen LogP contribution in [0, 0.1) is 0 Å². The van der Waals surface area contributed by atoms with Gasteiger partial charge in [0.25, 0.3) is 5.79 Å². The molecule has 2 fully saturated rings. The molecular weight excluding hydrogens is 316 g/mol. The molecule has 0 aliphatic carbocycles. The number of aliphatic hydroxyl groups is 7. The van der Waals surface area contributed by atoms with Crippen LogP contribution >= 0.6 is 0 Å². The van der Waals surface area contributed by atoms with Crippen LogP contribution in [0.5, 0.6) is 0 Å². The van der Waals surface area contributed by atoms with Crippen molar-refractivity contribution >= 4 is 0 Å². The van der Waals surface area contributed by atoms with Crippen molar-refractivity contribution in [3.8, 4) is 0 Å². The highest BCUT2D eigenvalue weighted by atomic mass is 16.8. The summed E-state index contributed by atoms with van der Waals surface area (Å²) in [6.45, 7) is 3.77. The number of hydrogen-bond donors (Lipinski definition) is 7. The monoisotopic (exact) mass is 340 g/mol. The molecule has 0 bridgehead atoms. The second kappa shape index (κ2) is 6.15. The number of aliphatic hydroxyl groups excluding tert-OH is 5. The van der Waals surface area contributed by atoms with Gasteiger partial charge in [-0.2, -0.15) is 0 Å². The molecule has 7 N–H and O–H groups in total. The van der Waals surface area contributed by atoms with Gasteiger partial charge in [-0.3, -0.25) is 0 Å². The highest BCUT2D eigenvalue weighted by Crippen LogP contribution is 2.39. The molecule has 23 heavy (non-hydrogen) atoms. The Balaban J connectivity index is 2.25. The van der Waals surface area contributed by atoms with Gasteiger partial charge in [0.05, 0.1) is 12.2 Å². The first-order valence-electron chi connectivity index (χ1n) is 7.28. The molecule has 0 aromatic heterocycles. The van der Waals surface area contributed by atoms with Crippen LogP contribution in [0.15, 0.2) is 0 Å². The first kappa shape index (κ1) is 18.9. The minimum atomic E-state index is -2.85. The molecule has 0 aromatic rings. The minimum Gasteiger partial charge on any atom is -0.388 e. The maximum absolute atomic E-state index is 10.5. The summed E-state index contributed by atoms with van der Waals surface area (Å²) in [5, 5.41) is 70.0. The molecule has 10 heteroatoms. The Morgan fingerprint density at radius 3 is 1.96 bits per heavy atom. The van der Waals surface area contributed by atoms with Crippen LogP contribution in [0.1, 0.15) is 20.8 Å². The van der Waals surface area contributed by atoms with E-state index in [0.29, 0.717) is 0 Å². The van der Waals surface area contributed by atoms with E-state index in [0.717, 1.165) is 6.92 Å². The number of hydrogen-bond acceptors (Lipinski definition) is 10. The van der Waals surface area contributed by atoms with Crippen LogP contribution in [-0.4, -0.2) is 96.3 Å². The van der Waals surface area contributed by atoms with E-state index in [2.05, 4.69) is 0 Å². The molecule has 0 amide bonds. The average molecular weight is 340 g/mol. The van der Waals surface area contributed by atoms with Gasteiger partial charge in [-0.1, -0.05) is 0 Å². The zero-order valence-electron chi connectivity index (χ0n) is 13.0. The Bertz CT molecular complexity index is 431. The van der Waals surface area contributed by atoms with Gasteiger partial charge in [0.2, 0.25) is 5.79 Å². The zero-order chi connectivity index (χ0) is 17.7. The summed E-state index contributed by atoms with van der Waals surface area (Å²) in [4.78, 5) is 0. The van der Waals surface area contributed by atoms with Crippen LogP contribution in [0.2, 0.25) is 0 Å². The Kier molecular flexibility index (Phi) is 5.06. The van der Waals surface area contributed by atoms with E-state index in [1.165, 1.54) is 13.8 Å². The van der Waals surface area contributed by atoms with Gasteiger partial charge >= 0.3 is 0 Å². The van der Waals surface area contributed by atoms with Crippen molar-refractivity contribution in [2.75, 3.05) is 0 Å². The number of ether oxygens (including phenoxy) is 3. The van der Waals surface area contributed by atoms with Crippen LogP contribution in [0.25, 0.3) is 0 Å². The van der Waals surface area contributed by atoms with Crippen molar-refractivity contribution in [1.29, 1.82) is 0 Å². The molecule has 136 valence electrons. The van der Waals surface area contributed by atoms with Crippen LogP contribution in [0.4, 0.5) is 0 Å². The Hall–Kier alpha value is -0.400. The highest BCUT2D eigenvalue weighted by Gasteiger charge is 2.64. The maximum atomic E-state index is 10.5. The van der Waals surface area contributed by atoms with Gasteiger partial charge in [-0.15, -0.1) is 0 Å². The summed E-state index contributed by atoms with van der Waals surface area (Å²) in [5.74, 6) is -5.30. The van der Waals surface area contributed by atoms with Gasteiger partial charge in [0, 0.05) is 0 Å². The SMILES string of the molecule is C[C@H]1O[C@@](C)(O)[C@@](O)(O[C@@H]2O[C@H](C)[C@@H](O)[C@H](O)[C@H]2O)[C@@H](O)[C@@H]1O. The van der Waals surface area contributed by atoms with Crippen molar-refractivity contribution in [2.24, 2.45) is 0 Å². The molecule has 0 radical (unpaired) electrons. The van der Waals surface area contributed by atoms with E-state index in [9.17, 15) is 35.7 Å². The maximum Gasteiger partial charge on any atom is 0.252 e. The first-order valence-corrected chi connectivity index (χ1v) is 7.28. The smallest absolute Gasteiger partial charge is 0.252 e. The van der Waals surface area contributed by atoms with Gasteiger partial charge in [-0.05, 0) is 20.8 Å². The van der Waals surface area contributed by atoms with E-state index in [1.807, 2.05) is 0 Å². The van der Waals surface area contributed by atoms with Crippen molar-refractivity contribution in [2.45, 2.75) is 81.4 Å². The minimum absolute atomic E-state index is 0.961. The zero-order valence-corrected chi connectivity index (χ0v) is 13.0. The van der Waals surface area contributed by atoms with Crippen LogP contribution in [-0.2, 0) is 14.2 Å². The molecule has 0 aromatic carbocycles. The summed E-state index contributed by atoms with van der Waals surface area (Å²) >= 11 is 0. The lowest BCUT2D eigenvalue weighted by atomic mass is 9.89. The molecule has 0 saturated carbocycles. The van der Waals surface area contributed by atoms with Gasteiger partial charge in [0.1, 0.15) is 30.5 Å². The van der Waals surface area contributed by atoms with Gasteiger partial charge in [0.15, 0.2) is 6.29 Å². The standard InChI is InChI=1S/C13H24O10/c1-4-6(14)8(16)9(17)11(21-4)23-13(20)10(18)7(15)5(2)22-12(13,3)19/h4-11,14-20H,1-3H3/t4-,5-,6-,7-,8+,9-,10+,11+,12-,13+/m1/s1. The third-order valence-electron chi connectivity index (χ3n) is 4.39. The van der Waals surface area contributed by atoms with Gasteiger partial charge in [-0.25, -0.2) is 0 Å². The Morgan fingerprint density at radius 1 is 0.826 bits per heavy atom. The summed E-state index contributed by atoms with van der Waals surface area (Å²) in [6, 6.07) is 0. The van der Waals surface area contributed by atoms with Crippen LogP contribution in [0.3, 0.4) is 0 Å². The predicted molar refractivity (Wildman–Crippen MR) is 71.6 cm³/mol. The largest absolute Gasteiger partial charge is 0.388 e. The fourth-order valence-corrected chi connectivity index (χ4v) is 2.75. The third-order valence-corrected chi connectivity index (χ3v) is 4.39. The predicted octanol–water partition coefficient (Wildman–Crippen LogP) is -3.63. The van der Waals surface area contributed by atoms with Crippen LogP contribution < -0.4 is 0 Å². The molecule has 2 saturated heterocycles. The van der Waals surface area contributed by atoms with E-state index in [1.54, 1.807) is 0 Å². The molecule has 2 aliphatic rings. The van der Waals surface area contributed by atoms with E-state index < -0.39 is 60.6 Å². The average Bonchev–Trinajstić information content (AvgIpc) is 2.46. The number of rotatable bonds is 2. The van der Waals surface area contributed by atoms with E-state index in [4.69, 9.17) is 14.2 Å². The van der Waals surface area contributed by atoms with E-state index >= 15 is 0 Å². The summed E-state index contributed by atoms with van der Waals surface area (Å²) in [7, 11) is 0. The second-order valence-electron chi connectivity index (χ2n) is 6.24. The molecule has 0 unspecified atom stereocenters. The third kappa shape index (κ3) is 3.00. The Morgan fingerprint density at radius 2 is 1.39 bits per heavy atom. The molecule has 2 heterocycles. The van der Waals surface area contributed by atoms with Crippen molar-refractivity contribution in [1.82, 2.24) is 0 Å². The molecular formula is C13H24O10. The second-order valence-corrected chi connectivity index (χ2v) is 6.24. The summed E-state index contributed by atoms with van der Waals surface area (Å²) < 4.78 is 15.3. The molecule has 0 spiro atoms. The highest BCUT2D eigenvalue weighted by molar-refractivity contribution is 5.00. The summed E-state index contributed by atoms with van der Waals surface area (Å²) in [5.41, 5.74) is 0.